The van der Waals surface area contributed by atoms with Gasteiger partial charge in [0, 0.05) is 17.7 Å². The quantitative estimate of drug-likeness (QED) is 0.412. The second-order valence-corrected chi connectivity index (χ2v) is 7.49. The highest BCUT2D eigenvalue weighted by Gasteiger charge is 2.28. The molecule has 0 spiro atoms. The monoisotopic (exact) mass is 393 g/mol. The first kappa shape index (κ1) is 23.1. The number of nitrogens with zero attached hydrogens (tertiary/aromatic N) is 1. The van der Waals surface area contributed by atoms with Gasteiger partial charge in [0.05, 0.1) is 4.92 Å². The van der Waals surface area contributed by atoms with Crippen molar-refractivity contribution in [3.05, 3.63) is 39.9 Å². The SMILES string of the molecule is CC(C)C[C@H](NC(=O)[C@@H](CC(C)C)NC(=O)c1ccc([N+](=O)[O-])cc1)C(=O)O. The van der Waals surface area contributed by atoms with Gasteiger partial charge in [-0.1, -0.05) is 27.7 Å². The van der Waals surface area contributed by atoms with Crippen molar-refractivity contribution >= 4 is 23.5 Å². The fourth-order valence-electron chi connectivity index (χ4n) is 2.64. The molecule has 3 N–H and O–H groups in total. The molecule has 0 fully saturated rings. The van der Waals surface area contributed by atoms with Gasteiger partial charge in [-0.3, -0.25) is 19.7 Å². The third-order valence-electron chi connectivity index (χ3n) is 3.99. The lowest BCUT2D eigenvalue weighted by atomic mass is 10.00. The fraction of sp³-hybridized carbons (Fsp3) is 0.526. The Morgan fingerprint density at radius 3 is 1.89 bits per heavy atom. The predicted molar refractivity (Wildman–Crippen MR) is 103 cm³/mol. The van der Waals surface area contributed by atoms with E-state index in [-0.39, 0.29) is 29.5 Å². The highest BCUT2D eigenvalue weighted by atomic mass is 16.6. The molecule has 0 aliphatic heterocycles. The Kier molecular flexibility index (Phi) is 8.56. The van der Waals surface area contributed by atoms with Gasteiger partial charge in [0.1, 0.15) is 12.1 Å². The van der Waals surface area contributed by atoms with Crippen molar-refractivity contribution < 1.29 is 24.4 Å². The minimum atomic E-state index is -1.13. The van der Waals surface area contributed by atoms with Crippen LogP contribution in [0, 0.1) is 22.0 Å². The molecule has 0 aromatic heterocycles. The Labute approximate surface area is 163 Å². The van der Waals surface area contributed by atoms with E-state index in [1.165, 1.54) is 24.3 Å². The number of carbonyl (C=O) groups excluding carboxylic acids is 2. The molecule has 0 heterocycles. The lowest BCUT2D eigenvalue weighted by Gasteiger charge is -2.23. The summed E-state index contributed by atoms with van der Waals surface area (Å²) >= 11 is 0. The van der Waals surface area contributed by atoms with Gasteiger partial charge in [0.25, 0.3) is 11.6 Å². The summed E-state index contributed by atoms with van der Waals surface area (Å²) in [5.74, 6) is -2.13. The zero-order valence-corrected chi connectivity index (χ0v) is 16.5. The smallest absolute Gasteiger partial charge is 0.326 e. The van der Waals surface area contributed by atoms with Crippen LogP contribution in [0.1, 0.15) is 50.9 Å². The third-order valence-corrected chi connectivity index (χ3v) is 3.99. The molecule has 2 atom stereocenters. The van der Waals surface area contributed by atoms with Gasteiger partial charge in [0.15, 0.2) is 0 Å². The van der Waals surface area contributed by atoms with Crippen molar-refractivity contribution in [3.8, 4) is 0 Å². The molecule has 0 saturated carbocycles. The van der Waals surface area contributed by atoms with E-state index in [2.05, 4.69) is 10.6 Å². The fourth-order valence-corrected chi connectivity index (χ4v) is 2.64. The van der Waals surface area contributed by atoms with Gasteiger partial charge in [-0.05, 0) is 36.8 Å². The summed E-state index contributed by atoms with van der Waals surface area (Å²) in [6.07, 6.45) is 0.588. The molecule has 1 aromatic carbocycles. The lowest BCUT2D eigenvalue weighted by molar-refractivity contribution is -0.384. The van der Waals surface area contributed by atoms with Gasteiger partial charge >= 0.3 is 5.97 Å². The Morgan fingerprint density at radius 1 is 0.964 bits per heavy atom. The zero-order chi connectivity index (χ0) is 21.4. The summed E-state index contributed by atoms with van der Waals surface area (Å²) in [6, 6.07) is 3.05. The highest BCUT2D eigenvalue weighted by Crippen LogP contribution is 2.13. The van der Waals surface area contributed by atoms with Crippen molar-refractivity contribution in [2.24, 2.45) is 11.8 Å². The number of benzene rings is 1. The molecule has 9 nitrogen and oxygen atoms in total. The first-order valence-electron chi connectivity index (χ1n) is 9.09. The molecule has 0 radical (unpaired) electrons. The zero-order valence-electron chi connectivity index (χ0n) is 16.5. The summed E-state index contributed by atoms with van der Waals surface area (Å²) in [5, 5.41) is 25.1. The summed E-state index contributed by atoms with van der Waals surface area (Å²) in [4.78, 5) is 46.6. The Morgan fingerprint density at radius 2 is 1.46 bits per heavy atom. The van der Waals surface area contributed by atoms with Crippen molar-refractivity contribution in [2.75, 3.05) is 0 Å². The largest absolute Gasteiger partial charge is 0.480 e. The maximum Gasteiger partial charge on any atom is 0.326 e. The molecule has 28 heavy (non-hydrogen) atoms. The minimum Gasteiger partial charge on any atom is -0.480 e. The molecule has 0 aliphatic carbocycles. The lowest BCUT2D eigenvalue weighted by Crippen LogP contribution is -2.52. The Balaban J connectivity index is 2.91. The number of nitro groups is 1. The summed E-state index contributed by atoms with van der Waals surface area (Å²) in [7, 11) is 0. The molecular formula is C19H27N3O6. The molecule has 0 unspecified atom stereocenters. The van der Waals surface area contributed by atoms with E-state index in [9.17, 15) is 29.6 Å². The number of nitrogens with one attached hydrogen (secondary N) is 2. The first-order chi connectivity index (χ1) is 13.0. The molecule has 1 aromatic rings. The molecule has 154 valence electrons. The number of carbonyl (C=O) groups is 3. The van der Waals surface area contributed by atoms with Crippen LogP contribution in [0.2, 0.25) is 0 Å². The number of carboxylic acid groups (broad SMARTS) is 1. The molecule has 9 heteroatoms. The van der Waals surface area contributed by atoms with Crippen molar-refractivity contribution in [2.45, 2.75) is 52.6 Å². The number of rotatable bonds is 10. The van der Waals surface area contributed by atoms with Gasteiger partial charge in [-0.25, -0.2) is 4.79 Å². The number of amides is 2. The van der Waals surface area contributed by atoms with E-state index >= 15 is 0 Å². The minimum absolute atomic E-state index is 0.0691. The van der Waals surface area contributed by atoms with Crippen molar-refractivity contribution in [1.82, 2.24) is 10.6 Å². The molecule has 0 aliphatic rings. The topological polar surface area (TPSA) is 139 Å². The van der Waals surface area contributed by atoms with Crippen LogP contribution >= 0.6 is 0 Å². The third kappa shape index (κ3) is 7.34. The van der Waals surface area contributed by atoms with Crippen LogP contribution in [0.25, 0.3) is 0 Å². The van der Waals surface area contributed by atoms with E-state index < -0.39 is 34.8 Å². The number of hydrogen-bond donors (Lipinski definition) is 3. The summed E-state index contributed by atoms with van der Waals surface area (Å²) in [6.45, 7) is 7.45. The average Bonchev–Trinajstić information content (AvgIpc) is 2.59. The maximum atomic E-state index is 12.6. The van der Waals surface area contributed by atoms with Gasteiger partial charge < -0.3 is 15.7 Å². The van der Waals surface area contributed by atoms with Crippen LogP contribution in [0.15, 0.2) is 24.3 Å². The van der Waals surface area contributed by atoms with E-state index in [0.29, 0.717) is 6.42 Å². The van der Waals surface area contributed by atoms with Crippen molar-refractivity contribution in [3.63, 3.8) is 0 Å². The van der Waals surface area contributed by atoms with Crippen LogP contribution < -0.4 is 10.6 Å². The van der Waals surface area contributed by atoms with Crippen molar-refractivity contribution in [1.29, 1.82) is 0 Å². The Bertz CT molecular complexity index is 715. The second-order valence-electron chi connectivity index (χ2n) is 7.49. The first-order valence-corrected chi connectivity index (χ1v) is 9.09. The molecule has 0 saturated heterocycles. The van der Waals surface area contributed by atoms with E-state index in [4.69, 9.17) is 0 Å². The Hall–Kier alpha value is -2.97. The number of carboxylic acids is 1. The summed E-state index contributed by atoms with van der Waals surface area (Å²) < 4.78 is 0. The highest BCUT2D eigenvalue weighted by molar-refractivity contribution is 5.98. The van der Waals surface area contributed by atoms with Crippen LogP contribution in [-0.2, 0) is 9.59 Å². The standard InChI is InChI=1S/C19H27N3O6/c1-11(2)9-15(18(24)21-16(19(25)26)10-12(3)4)20-17(23)13-5-7-14(8-6-13)22(27)28/h5-8,11-12,15-16H,9-10H2,1-4H3,(H,20,23)(H,21,24)(H,25,26)/t15-,16+/m1/s1. The van der Waals surface area contributed by atoms with Crippen LogP contribution in [0.5, 0.6) is 0 Å². The number of nitro benzene ring substituents is 1. The summed E-state index contributed by atoms with van der Waals surface area (Å²) in [5.41, 5.74) is 0.0233. The predicted octanol–water partition coefficient (Wildman–Crippen LogP) is 2.35. The van der Waals surface area contributed by atoms with E-state index in [0.717, 1.165) is 0 Å². The van der Waals surface area contributed by atoms with Gasteiger partial charge in [0.2, 0.25) is 5.91 Å². The van der Waals surface area contributed by atoms with E-state index in [1.807, 2.05) is 27.7 Å². The number of non-ortho nitro benzene ring substituents is 1. The van der Waals surface area contributed by atoms with Crippen LogP contribution in [-0.4, -0.2) is 39.9 Å². The molecule has 2 amide bonds. The number of aliphatic carboxylic acids is 1. The number of hydrogen-bond acceptors (Lipinski definition) is 5. The molecule has 1 rings (SSSR count). The molecule has 0 bridgehead atoms. The van der Waals surface area contributed by atoms with Gasteiger partial charge in [-0.2, -0.15) is 0 Å². The van der Waals surface area contributed by atoms with Gasteiger partial charge in [-0.15, -0.1) is 0 Å². The van der Waals surface area contributed by atoms with Crippen LogP contribution in [0.4, 0.5) is 5.69 Å². The normalized spacial score (nSPS) is 13.1. The molecular weight excluding hydrogens is 366 g/mol. The second kappa shape index (κ2) is 10.4. The maximum absolute atomic E-state index is 12.6. The average molecular weight is 393 g/mol. The van der Waals surface area contributed by atoms with E-state index in [1.54, 1.807) is 0 Å². The van der Waals surface area contributed by atoms with Crippen LogP contribution in [0.3, 0.4) is 0 Å².